The summed E-state index contributed by atoms with van der Waals surface area (Å²) >= 11 is 19.4. The molecule has 1 aliphatic carbocycles. The van der Waals surface area contributed by atoms with Gasteiger partial charge < -0.3 is 19.1 Å². The van der Waals surface area contributed by atoms with E-state index in [0.717, 1.165) is 18.4 Å². The largest absolute Gasteiger partial charge is 0.493 e. The molecule has 0 bridgehead atoms. The predicted molar refractivity (Wildman–Crippen MR) is 137 cm³/mol. The van der Waals surface area contributed by atoms with Crippen LogP contribution in [0.25, 0.3) is 22.6 Å². The molecule has 1 fully saturated rings. The van der Waals surface area contributed by atoms with Crippen molar-refractivity contribution >= 4 is 51.9 Å². The molecule has 0 saturated heterocycles. The van der Waals surface area contributed by atoms with Gasteiger partial charge in [0.2, 0.25) is 5.88 Å². The minimum absolute atomic E-state index is 0.0336. The van der Waals surface area contributed by atoms with Crippen LogP contribution >= 0.6 is 34.8 Å². The fraction of sp³-hybridized carbons (Fsp3) is 0.280. The smallest absolute Gasteiger partial charge is 0.306 e. The number of fused-ring (bicyclic) bond motifs is 1. The van der Waals surface area contributed by atoms with E-state index in [0.29, 0.717) is 55.8 Å². The molecule has 36 heavy (non-hydrogen) atoms. The van der Waals surface area contributed by atoms with Crippen LogP contribution in [0.4, 0.5) is 0 Å². The molecule has 0 spiro atoms. The molecule has 1 N–H and O–H groups in total. The van der Waals surface area contributed by atoms with E-state index in [1.807, 2.05) is 23.6 Å². The molecule has 5 rings (SSSR count). The van der Waals surface area contributed by atoms with E-state index in [-0.39, 0.29) is 18.6 Å². The maximum Gasteiger partial charge on any atom is 0.306 e. The lowest BCUT2D eigenvalue weighted by molar-refractivity contribution is -0.137. The summed E-state index contributed by atoms with van der Waals surface area (Å²) in [7, 11) is 0. The maximum atomic E-state index is 10.8. The van der Waals surface area contributed by atoms with Gasteiger partial charge in [-0.15, -0.1) is 0 Å². The van der Waals surface area contributed by atoms with Gasteiger partial charge in [0.15, 0.2) is 11.2 Å². The average Bonchev–Trinajstić information content (AvgIpc) is 3.44. The number of carbonyl (C=O) groups is 1. The van der Waals surface area contributed by atoms with Crippen molar-refractivity contribution in [2.24, 2.45) is 0 Å². The summed E-state index contributed by atoms with van der Waals surface area (Å²) < 4.78 is 13.6. The Morgan fingerprint density at radius 2 is 1.94 bits per heavy atom. The van der Waals surface area contributed by atoms with Gasteiger partial charge in [-0.3, -0.25) is 4.79 Å². The fourth-order valence-corrected chi connectivity index (χ4v) is 4.36. The normalized spacial score (nSPS) is 14.1. The zero-order chi connectivity index (χ0) is 25.4. The van der Waals surface area contributed by atoms with E-state index in [1.54, 1.807) is 24.3 Å². The van der Waals surface area contributed by atoms with Crippen molar-refractivity contribution in [1.82, 2.24) is 19.5 Å². The molecule has 11 heteroatoms. The standard InChI is InChI=1S/C25H21Cl3N4O4/c1-25(8-9-25)36-24-21-23(29-13-30-24)32(12-14-3-2-4-17(26)20(14)28)22(31-21)16-6-5-15(11-18(16)27)35-10-7-19(33)34/h2-6,11,13H,7-10,12H2,1H3,(H,33,34). The van der Waals surface area contributed by atoms with Crippen molar-refractivity contribution < 1.29 is 19.4 Å². The predicted octanol–water partition coefficient (Wildman–Crippen LogP) is 6.29. The van der Waals surface area contributed by atoms with Crippen LogP contribution in [-0.4, -0.2) is 42.8 Å². The molecule has 0 amide bonds. The van der Waals surface area contributed by atoms with Gasteiger partial charge in [0, 0.05) is 5.56 Å². The van der Waals surface area contributed by atoms with Gasteiger partial charge >= 0.3 is 5.97 Å². The van der Waals surface area contributed by atoms with Gasteiger partial charge in [0.1, 0.15) is 23.5 Å². The number of nitrogens with zero attached hydrogens (tertiary/aromatic N) is 4. The first-order chi connectivity index (χ1) is 17.2. The number of rotatable bonds is 9. The highest BCUT2D eigenvalue weighted by atomic mass is 35.5. The lowest BCUT2D eigenvalue weighted by atomic mass is 10.2. The first-order valence-electron chi connectivity index (χ1n) is 11.2. The molecule has 1 saturated carbocycles. The summed E-state index contributed by atoms with van der Waals surface area (Å²) in [5, 5.41) is 10.1. The van der Waals surface area contributed by atoms with Crippen LogP contribution in [0.1, 0.15) is 31.7 Å². The summed E-state index contributed by atoms with van der Waals surface area (Å²) in [5.74, 6) is 0.456. The van der Waals surface area contributed by atoms with Gasteiger partial charge in [-0.25, -0.2) is 9.97 Å². The average molecular weight is 548 g/mol. The van der Waals surface area contributed by atoms with E-state index < -0.39 is 5.97 Å². The topological polar surface area (TPSA) is 99.4 Å². The molecule has 2 aromatic carbocycles. The molecule has 0 radical (unpaired) electrons. The Bertz CT molecular complexity index is 1470. The number of carboxylic acid groups (broad SMARTS) is 1. The number of aliphatic carboxylic acids is 1. The van der Waals surface area contributed by atoms with E-state index in [4.69, 9.17) is 54.4 Å². The molecule has 2 heterocycles. The maximum absolute atomic E-state index is 10.8. The van der Waals surface area contributed by atoms with E-state index >= 15 is 0 Å². The van der Waals surface area contributed by atoms with Crippen molar-refractivity contribution in [3.63, 3.8) is 0 Å². The highest BCUT2D eigenvalue weighted by Gasteiger charge is 2.41. The second kappa shape index (κ2) is 9.76. The molecular formula is C25H21Cl3N4O4. The Morgan fingerprint density at radius 1 is 1.14 bits per heavy atom. The minimum atomic E-state index is -0.940. The lowest BCUT2D eigenvalue weighted by Crippen LogP contribution is -2.13. The molecule has 8 nitrogen and oxygen atoms in total. The number of halogens is 3. The Morgan fingerprint density at radius 3 is 2.67 bits per heavy atom. The van der Waals surface area contributed by atoms with Gasteiger partial charge in [-0.05, 0) is 49.6 Å². The molecular weight excluding hydrogens is 527 g/mol. The molecule has 0 unspecified atom stereocenters. The van der Waals surface area contributed by atoms with Crippen LogP contribution in [0.5, 0.6) is 11.6 Å². The van der Waals surface area contributed by atoms with Gasteiger partial charge in [0.25, 0.3) is 0 Å². The first-order valence-corrected chi connectivity index (χ1v) is 12.4. The van der Waals surface area contributed by atoms with Crippen molar-refractivity contribution in [3.05, 3.63) is 63.4 Å². The zero-order valence-corrected chi connectivity index (χ0v) is 21.4. The van der Waals surface area contributed by atoms with Gasteiger partial charge in [-0.1, -0.05) is 46.9 Å². The van der Waals surface area contributed by atoms with Gasteiger partial charge in [-0.2, -0.15) is 4.98 Å². The van der Waals surface area contributed by atoms with Crippen molar-refractivity contribution in [2.45, 2.75) is 38.3 Å². The van der Waals surface area contributed by atoms with Crippen LogP contribution in [0.3, 0.4) is 0 Å². The second-order valence-electron chi connectivity index (χ2n) is 8.77. The summed E-state index contributed by atoms with van der Waals surface area (Å²) in [6.07, 6.45) is 3.22. The van der Waals surface area contributed by atoms with Crippen LogP contribution in [0.15, 0.2) is 42.7 Å². The molecule has 1 aliphatic rings. The Balaban J connectivity index is 1.60. The van der Waals surface area contributed by atoms with Crippen molar-refractivity contribution in [3.8, 4) is 23.0 Å². The van der Waals surface area contributed by atoms with Crippen LogP contribution in [0, 0.1) is 0 Å². The van der Waals surface area contributed by atoms with Gasteiger partial charge in [0.05, 0.1) is 34.6 Å². The lowest BCUT2D eigenvalue weighted by Gasteiger charge is -2.13. The molecule has 4 aromatic rings. The molecule has 2 aromatic heterocycles. The van der Waals surface area contributed by atoms with Crippen LogP contribution in [0.2, 0.25) is 15.1 Å². The summed E-state index contributed by atoms with van der Waals surface area (Å²) in [5.41, 5.74) is 2.23. The van der Waals surface area contributed by atoms with E-state index in [9.17, 15) is 4.79 Å². The molecule has 0 atom stereocenters. The molecule has 186 valence electrons. The minimum Gasteiger partial charge on any atom is -0.493 e. The fourth-order valence-electron chi connectivity index (χ4n) is 3.72. The van der Waals surface area contributed by atoms with E-state index in [2.05, 4.69) is 9.97 Å². The summed E-state index contributed by atoms with van der Waals surface area (Å²) in [4.78, 5) is 24.5. The van der Waals surface area contributed by atoms with E-state index in [1.165, 1.54) is 6.33 Å². The number of ether oxygens (including phenoxy) is 2. The first kappa shape index (κ1) is 24.6. The molecule has 0 aliphatic heterocycles. The summed E-state index contributed by atoms with van der Waals surface area (Å²) in [6, 6.07) is 10.6. The number of hydrogen-bond acceptors (Lipinski definition) is 6. The van der Waals surface area contributed by atoms with Crippen LogP contribution < -0.4 is 9.47 Å². The highest BCUT2D eigenvalue weighted by Crippen LogP contribution is 2.41. The highest BCUT2D eigenvalue weighted by molar-refractivity contribution is 6.42. The number of aromatic nitrogens is 4. The second-order valence-corrected chi connectivity index (χ2v) is 9.96. The quantitative estimate of drug-likeness (QED) is 0.263. The van der Waals surface area contributed by atoms with Crippen LogP contribution in [-0.2, 0) is 11.3 Å². The third kappa shape index (κ3) is 5.07. The Hall–Kier alpha value is -3.07. The Labute approximate surface area is 221 Å². The number of benzene rings is 2. The van der Waals surface area contributed by atoms with Crippen molar-refractivity contribution in [1.29, 1.82) is 0 Å². The third-order valence-electron chi connectivity index (χ3n) is 5.92. The Kier molecular flexibility index (Phi) is 6.68. The number of imidazole rings is 1. The number of carboxylic acids is 1. The summed E-state index contributed by atoms with van der Waals surface area (Å²) in [6.45, 7) is 2.39. The SMILES string of the molecule is CC1(Oc2ncnc3c2nc(-c2ccc(OCCC(=O)O)cc2Cl)n3Cc2cccc(Cl)c2Cl)CC1. The monoisotopic (exact) mass is 546 g/mol. The third-order valence-corrected chi connectivity index (χ3v) is 7.09. The van der Waals surface area contributed by atoms with Crippen molar-refractivity contribution in [2.75, 3.05) is 6.61 Å². The zero-order valence-electron chi connectivity index (χ0n) is 19.2. The number of hydrogen-bond donors (Lipinski definition) is 1.